The number of fused-ring (bicyclic) bond motifs is 8. The summed E-state index contributed by atoms with van der Waals surface area (Å²) in [6.07, 6.45) is 0. The van der Waals surface area contributed by atoms with Crippen molar-refractivity contribution in [3.63, 3.8) is 0 Å². The van der Waals surface area contributed by atoms with Crippen molar-refractivity contribution >= 4 is 51.2 Å². The van der Waals surface area contributed by atoms with Gasteiger partial charge in [0, 0.05) is 39.3 Å². The van der Waals surface area contributed by atoms with Crippen molar-refractivity contribution in [1.29, 1.82) is 0 Å². The molecule has 0 fully saturated rings. The van der Waals surface area contributed by atoms with Crippen molar-refractivity contribution in [1.82, 2.24) is 0 Å². The minimum absolute atomic E-state index is 0.152. The zero-order valence-electron chi connectivity index (χ0n) is 50.7. The molecule has 3 aliphatic rings. The second-order valence-electron chi connectivity index (χ2n) is 25.2. The molecule has 84 heavy (non-hydrogen) atoms. The van der Waals surface area contributed by atoms with Gasteiger partial charge in [-0.1, -0.05) is 179 Å². The van der Waals surface area contributed by atoms with Crippen LogP contribution in [0.4, 0.5) is 51.2 Å². The first-order valence-electron chi connectivity index (χ1n) is 30.0. The van der Waals surface area contributed by atoms with Gasteiger partial charge < -0.3 is 14.7 Å². The normalized spacial score (nSPS) is 14.5. The highest BCUT2D eigenvalue weighted by Crippen LogP contribution is 2.59. The Hall–Kier alpha value is -9.18. The van der Waals surface area contributed by atoms with Crippen LogP contribution in [0.25, 0.3) is 22.3 Å². The second kappa shape index (κ2) is 19.5. The van der Waals surface area contributed by atoms with Crippen LogP contribution < -0.4 is 14.7 Å². The molecule has 0 N–H and O–H groups in total. The molecule has 0 unspecified atom stereocenters. The van der Waals surface area contributed by atoms with Gasteiger partial charge in [0.05, 0.1) is 28.2 Å². The van der Waals surface area contributed by atoms with Gasteiger partial charge in [-0.25, -0.2) is 0 Å². The van der Waals surface area contributed by atoms with Crippen LogP contribution in [0, 0.1) is 55.4 Å². The standard InChI is InChI=1S/C81H73N3/c1-50-46-52(3)77(56(7)54(50)5)82(63-42-44-67-65-26-16-18-28-69(65)79(9,10)73(67)48-63)61-38-34-58(35-39-61)81(71-30-20-22-32-75(71)84(60-24-14-13-15-25-60)76-33-23-21-31-72(76)81)59-36-40-62(41-37-59)83(78-53(4)47-51(2)55(6)57(78)8)64-43-45-68-66-27-17-19-29-70(66)80(11,12)74(68)49-64/h13-49H,1-12H3. The summed E-state index contributed by atoms with van der Waals surface area (Å²) in [5, 5.41) is 0. The van der Waals surface area contributed by atoms with E-state index in [-0.39, 0.29) is 10.8 Å². The first-order valence-corrected chi connectivity index (χ1v) is 30.0. The molecule has 0 saturated carbocycles. The van der Waals surface area contributed by atoms with Gasteiger partial charge >= 0.3 is 0 Å². The zero-order valence-corrected chi connectivity index (χ0v) is 50.7. The van der Waals surface area contributed by atoms with E-state index in [1.807, 2.05) is 0 Å². The van der Waals surface area contributed by atoms with Crippen LogP contribution in [0.5, 0.6) is 0 Å². The monoisotopic (exact) mass is 1090 g/mol. The fraction of sp³-hybridized carbons (Fsp3) is 0.185. The lowest BCUT2D eigenvalue weighted by Gasteiger charge is -2.46. The van der Waals surface area contributed by atoms with Crippen LogP contribution in [0.2, 0.25) is 0 Å². The van der Waals surface area contributed by atoms with Crippen molar-refractivity contribution in [3.8, 4) is 22.3 Å². The van der Waals surface area contributed by atoms with E-state index in [1.54, 1.807) is 0 Å². The highest BCUT2D eigenvalue weighted by Gasteiger charge is 2.47. The molecule has 0 spiro atoms. The SMILES string of the molecule is Cc1cc(C)c(N(c2ccc(C3(c4ccc(N(c5ccc6c(c5)C(C)(C)c5ccccc5-6)c5c(C)cc(C)c(C)c5C)cc4)c4ccccc4N(c4ccccc4)c4ccccc43)cc2)c2ccc3c(c2)C(C)(C)c2ccccc2-3)c(C)c1C. The van der Waals surface area contributed by atoms with Crippen molar-refractivity contribution < 1.29 is 0 Å². The molecular formula is C81H73N3. The van der Waals surface area contributed by atoms with Crippen LogP contribution in [0.15, 0.2) is 224 Å². The molecule has 1 heterocycles. The summed E-state index contributed by atoms with van der Waals surface area (Å²) in [4.78, 5) is 7.53. The Bertz CT molecular complexity index is 4190. The van der Waals surface area contributed by atoms with E-state index in [4.69, 9.17) is 0 Å². The second-order valence-corrected chi connectivity index (χ2v) is 25.2. The van der Waals surface area contributed by atoms with Crippen molar-refractivity contribution in [2.24, 2.45) is 0 Å². The minimum atomic E-state index is -0.740. The van der Waals surface area contributed by atoms with E-state index >= 15 is 0 Å². The first-order chi connectivity index (χ1) is 40.5. The Morgan fingerprint density at radius 2 is 0.631 bits per heavy atom. The Morgan fingerprint density at radius 3 is 1.05 bits per heavy atom. The molecule has 0 aromatic heterocycles. The molecule has 1 aliphatic heterocycles. The fourth-order valence-corrected chi connectivity index (χ4v) is 15.3. The molecule has 11 aromatic carbocycles. The van der Waals surface area contributed by atoms with Crippen LogP contribution in [0.1, 0.15) is 117 Å². The smallest absolute Gasteiger partial charge is 0.0742 e. The van der Waals surface area contributed by atoms with Gasteiger partial charge in [0.25, 0.3) is 0 Å². The third-order valence-electron chi connectivity index (χ3n) is 20.0. The van der Waals surface area contributed by atoms with Gasteiger partial charge in [0.1, 0.15) is 0 Å². The third kappa shape index (κ3) is 7.70. The summed E-state index contributed by atoms with van der Waals surface area (Å²) < 4.78 is 0. The molecule has 14 rings (SSSR count). The van der Waals surface area contributed by atoms with E-state index < -0.39 is 5.41 Å². The average Bonchev–Trinajstić information content (AvgIpc) is 1.57. The minimum Gasteiger partial charge on any atom is -0.310 e. The molecule has 3 heteroatoms. The number of rotatable bonds is 9. The zero-order chi connectivity index (χ0) is 58.1. The largest absolute Gasteiger partial charge is 0.310 e. The molecular weight excluding hydrogens is 1010 g/mol. The third-order valence-corrected chi connectivity index (χ3v) is 20.0. The van der Waals surface area contributed by atoms with E-state index in [0.717, 1.165) is 39.8 Å². The summed E-state index contributed by atoms with van der Waals surface area (Å²) in [6.45, 7) is 27.7. The Labute approximate surface area is 498 Å². The molecule has 0 amide bonds. The highest BCUT2D eigenvalue weighted by molar-refractivity contribution is 5.93. The predicted molar refractivity (Wildman–Crippen MR) is 355 cm³/mol. The maximum atomic E-state index is 2.53. The number of anilines is 9. The van der Waals surface area contributed by atoms with E-state index in [0.29, 0.717) is 0 Å². The van der Waals surface area contributed by atoms with Gasteiger partial charge in [-0.2, -0.15) is 0 Å². The van der Waals surface area contributed by atoms with Crippen LogP contribution in [-0.4, -0.2) is 0 Å². The van der Waals surface area contributed by atoms with Crippen LogP contribution in [-0.2, 0) is 16.2 Å². The number of para-hydroxylation sites is 3. The van der Waals surface area contributed by atoms with Gasteiger partial charge in [-0.15, -0.1) is 0 Å². The number of benzene rings is 11. The number of nitrogens with zero attached hydrogens (tertiary/aromatic N) is 3. The molecule has 412 valence electrons. The molecule has 0 saturated heterocycles. The molecule has 2 aliphatic carbocycles. The topological polar surface area (TPSA) is 9.72 Å². The number of aryl methyl sites for hydroxylation is 4. The summed E-state index contributed by atoms with van der Waals surface area (Å²) >= 11 is 0. The van der Waals surface area contributed by atoms with Gasteiger partial charge in [-0.3, -0.25) is 0 Å². The Morgan fingerprint density at radius 1 is 0.286 bits per heavy atom. The highest BCUT2D eigenvalue weighted by atomic mass is 15.2. The molecule has 3 nitrogen and oxygen atoms in total. The summed E-state index contributed by atoms with van der Waals surface area (Å²) in [5.41, 5.74) is 35.4. The van der Waals surface area contributed by atoms with Crippen molar-refractivity contribution in [3.05, 3.63) is 313 Å². The average molecular weight is 1090 g/mol. The van der Waals surface area contributed by atoms with Gasteiger partial charge in [0.15, 0.2) is 0 Å². The molecule has 0 atom stereocenters. The van der Waals surface area contributed by atoms with E-state index in [1.165, 1.54) is 123 Å². The lowest BCUT2D eigenvalue weighted by atomic mass is 9.62. The summed E-state index contributed by atoms with van der Waals surface area (Å²) in [7, 11) is 0. The van der Waals surface area contributed by atoms with Crippen LogP contribution >= 0.6 is 0 Å². The Kier molecular flexibility index (Phi) is 12.2. The van der Waals surface area contributed by atoms with Crippen LogP contribution in [0.3, 0.4) is 0 Å². The number of hydrogen-bond acceptors (Lipinski definition) is 3. The molecule has 0 bridgehead atoms. The first kappa shape index (κ1) is 52.9. The summed E-state index contributed by atoms with van der Waals surface area (Å²) in [5.74, 6) is 0. The van der Waals surface area contributed by atoms with Gasteiger partial charge in [0.2, 0.25) is 0 Å². The summed E-state index contributed by atoms with van der Waals surface area (Å²) in [6, 6.07) is 85.4. The van der Waals surface area contributed by atoms with Crippen molar-refractivity contribution in [2.45, 2.75) is 99.3 Å². The maximum absolute atomic E-state index is 2.53. The quantitative estimate of drug-likeness (QED) is 0.143. The molecule has 11 aromatic rings. The van der Waals surface area contributed by atoms with Gasteiger partial charge in [-0.05, 0) is 239 Å². The fourth-order valence-electron chi connectivity index (χ4n) is 15.3. The Balaban J connectivity index is 0.984. The number of hydrogen-bond donors (Lipinski definition) is 0. The molecule has 0 radical (unpaired) electrons. The van der Waals surface area contributed by atoms with E-state index in [2.05, 4.69) is 322 Å². The van der Waals surface area contributed by atoms with E-state index in [9.17, 15) is 0 Å². The van der Waals surface area contributed by atoms with Crippen molar-refractivity contribution in [2.75, 3.05) is 14.7 Å². The lowest BCUT2D eigenvalue weighted by molar-refractivity contribution is 0.660. The lowest BCUT2D eigenvalue weighted by Crippen LogP contribution is -2.37. The maximum Gasteiger partial charge on any atom is 0.0742 e. The predicted octanol–water partition coefficient (Wildman–Crippen LogP) is 21.9.